The Hall–Kier alpha value is -1.08. The second kappa shape index (κ2) is 7.15. The van der Waals surface area contributed by atoms with E-state index in [1.807, 2.05) is 0 Å². The van der Waals surface area contributed by atoms with E-state index in [-0.39, 0.29) is 12.2 Å². The molecule has 0 saturated carbocycles. The molecule has 0 bridgehead atoms. The Morgan fingerprint density at radius 3 is 2.77 bits per heavy atom. The number of ether oxygens (including phenoxy) is 1. The van der Waals surface area contributed by atoms with E-state index in [0.29, 0.717) is 11.2 Å². The van der Waals surface area contributed by atoms with Crippen LogP contribution in [0.4, 0.5) is 5.82 Å². The predicted octanol–water partition coefficient (Wildman–Crippen LogP) is -0.000200. The van der Waals surface area contributed by atoms with Crippen LogP contribution in [0, 0.1) is 0 Å². The third-order valence-electron chi connectivity index (χ3n) is 3.51. The summed E-state index contributed by atoms with van der Waals surface area (Å²) in [6, 6.07) is 0. The number of hydrogen-bond acceptors (Lipinski definition) is 10. The minimum atomic E-state index is -4.81. The van der Waals surface area contributed by atoms with E-state index < -0.39 is 49.6 Å². The summed E-state index contributed by atoms with van der Waals surface area (Å²) in [5.41, 5.74) is 6.46. The molecule has 0 aliphatic carbocycles. The van der Waals surface area contributed by atoms with Gasteiger partial charge in [-0.2, -0.15) is 0 Å². The maximum Gasteiger partial charge on any atom is 0.397 e. The van der Waals surface area contributed by atoms with Crippen LogP contribution in [0.15, 0.2) is 12.7 Å². The van der Waals surface area contributed by atoms with Crippen LogP contribution < -0.4 is 5.73 Å². The topological polar surface area (TPSA) is 203 Å². The molecule has 0 radical (unpaired) electrons. The van der Waals surface area contributed by atoms with E-state index in [4.69, 9.17) is 20.3 Å². The molecule has 13 nitrogen and oxygen atoms in total. The summed E-state index contributed by atoms with van der Waals surface area (Å²) in [4.78, 5) is 38.9. The molecule has 0 spiro atoms. The fraction of sp³-hybridized carbons (Fsp3) is 0.500. The molecular weight excluding hydrogens is 412 g/mol. The van der Waals surface area contributed by atoms with Crippen LogP contribution in [0.3, 0.4) is 0 Å². The molecule has 2 aromatic heterocycles. The molecule has 144 valence electrons. The Morgan fingerprint density at radius 1 is 1.35 bits per heavy atom. The van der Waals surface area contributed by atoms with Gasteiger partial charge in [-0.1, -0.05) is 0 Å². The number of nitrogens with two attached hydrogens (primary N) is 1. The van der Waals surface area contributed by atoms with Gasteiger partial charge in [-0.15, -0.1) is 0 Å². The Bertz CT molecular complexity index is 905. The summed E-state index contributed by atoms with van der Waals surface area (Å²) in [5.74, 6) is 0.183. The van der Waals surface area contributed by atoms with Gasteiger partial charge in [0.15, 0.2) is 11.5 Å². The lowest BCUT2D eigenvalue weighted by molar-refractivity contribution is -0.0387. The van der Waals surface area contributed by atoms with Gasteiger partial charge in [-0.25, -0.2) is 24.1 Å². The highest BCUT2D eigenvalue weighted by Gasteiger charge is 2.39. The van der Waals surface area contributed by atoms with E-state index in [1.54, 1.807) is 0 Å². The number of fused-ring (bicyclic) bond motifs is 1. The molecule has 3 rings (SSSR count). The largest absolute Gasteiger partial charge is 0.397 e. The maximum atomic E-state index is 11.6. The molecule has 1 aliphatic heterocycles. The average Bonchev–Trinajstić information content (AvgIpc) is 3.07. The van der Waals surface area contributed by atoms with Crippen LogP contribution in [-0.2, 0) is 18.4 Å². The zero-order valence-corrected chi connectivity index (χ0v) is 15.5. The van der Waals surface area contributed by atoms with Gasteiger partial charge in [0.25, 0.3) is 0 Å². The average molecular weight is 427 g/mol. The lowest BCUT2D eigenvalue weighted by Crippen LogP contribution is -2.25. The lowest BCUT2D eigenvalue weighted by Gasteiger charge is -2.18. The van der Waals surface area contributed by atoms with E-state index in [9.17, 15) is 19.1 Å². The van der Waals surface area contributed by atoms with Crippen LogP contribution in [0.2, 0.25) is 0 Å². The van der Waals surface area contributed by atoms with Crippen molar-refractivity contribution < 1.29 is 38.2 Å². The molecule has 16 heteroatoms. The van der Waals surface area contributed by atoms with Gasteiger partial charge in [0, 0.05) is 6.42 Å². The van der Waals surface area contributed by atoms with Crippen molar-refractivity contribution in [2.75, 3.05) is 12.3 Å². The first-order valence-corrected chi connectivity index (χ1v) is 12.3. The molecule has 3 heterocycles. The van der Waals surface area contributed by atoms with Crippen molar-refractivity contribution >= 4 is 41.6 Å². The Morgan fingerprint density at radius 2 is 2.08 bits per heavy atom. The number of anilines is 1. The highest BCUT2D eigenvalue weighted by Crippen LogP contribution is 2.72. The van der Waals surface area contributed by atoms with Crippen molar-refractivity contribution in [1.29, 1.82) is 0 Å². The van der Waals surface area contributed by atoms with Crippen molar-refractivity contribution in [2.45, 2.75) is 24.9 Å². The standard InChI is InChI=1S/C10H15N5O8P2S/c11-9-8-10(13-3-12-9)15(4-14-8)7-1-5(16)6(23-7)2-22-25(20,21)26-24(17,18)19/h3-7,16H,1-2H2,(H,20,21)(H2,11,12,13)(H2,17,18,19)/t5-,6+,7+/m0/s1. The van der Waals surface area contributed by atoms with Crippen molar-refractivity contribution in [3.63, 3.8) is 0 Å². The van der Waals surface area contributed by atoms with Crippen LogP contribution in [0.25, 0.3) is 11.2 Å². The van der Waals surface area contributed by atoms with E-state index in [1.165, 1.54) is 17.2 Å². The smallest absolute Gasteiger partial charge is 0.390 e. The molecule has 6 N–H and O–H groups in total. The second-order valence-corrected chi connectivity index (χ2v) is 12.5. The zero-order valence-electron chi connectivity index (χ0n) is 12.9. The predicted molar refractivity (Wildman–Crippen MR) is 89.7 cm³/mol. The minimum Gasteiger partial charge on any atom is -0.390 e. The molecule has 4 atom stereocenters. The number of aromatic nitrogens is 4. The van der Waals surface area contributed by atoms with E-state index in [2.05, 4.69) is 19.5 Å². The second-order valence-electron chi connectivity index (χ2n) is 5.35. The monoisotopic (exact) mass is 427 g/mol. The minimum absolute atomic E-state index is 0.116. The quantitative estimate of drug-likeness (QED) is 0.386. The molecule has 0 amide bonds. The Balaban J connectivity index is 1.69. The van der Waals surface area contributed by atoms with Crippen LogP contribution in [0.1, 0.15) is 12.6 Å². The van der Waals surface area contributed by atoms with Gasteiger partial charge in [0.1, 0.15) is 24.2 Å². The van der Waals surface area contributed by atoms with Gasteiger partial charge in [-0.3, -0.25) is 9.09 Å². The molecule has 1 saturated heterocycles. The zero-order chi connectivity index (χ0) is 19.1. The summed E-state index contributed by atoms with van der Waals surface area (Å²) < 4.78 is 34.2. The third kappa shape index (κ3) is 4.42. The van der Waals surface area contributed by atoms with E-state index >= 15 is 0 Å². The number of aliphatic hydroxyl groups excluding tert-OH is 1. The van der Waals surface area contributed by atoms with Crippen molar-refractivity contribution in [2.24, 2.45) is 0 Å². The van der Waals surface area contributed by atoms with Crippen LogP contribution in [0.5, 0.6) is 0 Å². The normalized spacial score (nSPS) is 26.2. The summed E-state index contributed by atoms with van der Waals surface area (Å²) >= 11 is -0.482. The molecule has 0 aromatic carbocycles. The number of aliphatic hydroxyl groups is 1. The highest BCUT2D eigenvalue weighted by atomic mass is 33.1. The Labute approximate surface area is 149 Å². The van der Waals surface area contributed by atoms with Gasteiger partial charge in [0.2, 0.25) is 0 Å². The van der Waals surface area contributed by atoms with Crippen molar-refractivity contribution in [3.8, 4) is 0 Å². The van der Waals surface area contributed by atoms with Gasteiger partial charge in [-0.05, 0) is 0 Å². The molecule has 1 unspecified atom stereocenters. The number of nitrogen functional groups attached to an aromatic ring is 1. The lowest BCUT2D eigenvalue weighted by atomic mass is 10.2. The summed E-state index contributed by atoms with van der Waals surface area (Å²) in [6.45, 7) is -9.96. The summed E-state index contributed by atoms with van der Waals surface area (Å²) in [6.07, 6.45) is 0.0572. The summed E-state index contributed by atoms with van der Waals surface area (Å²) in [7, 11) is 0. The van der Waals surface area contributed by atoms with Crippen molar-refractivity contribution in [1.82, 2.24) is 19.5 Å². The summed E-state index contributed by atoms with van der Waals surface area (Å²) in [5, 5.41) is 10.1. The van der Waals surface area contributed by atoms with Gasteiger partial charge in [0.05, 0.1) is 30.0 Å². The first-order valence-electron chi connectivity index (χ1n) is 7.06. The SMILES string of the molecule is Nc1ncnc2c1ncn2[C@H]1C[C@H](O)[C@@H](COP(=O)(O)SP(=O)(O)O)O1. The molecule has 2 aromatic rings. The fourth-order valence-corrected chi connectivity index (χ4v) is 7.07. The maximum absolute atomic E-state index is 11.6. The number of rotatable bonds is 6. The Kier molecular flexibility index (Phi) is 5.41. The fourth-order valence-electron chi connectivity index (χ4n) is 2.44. The van der Waals surface area contributed by atoms with Gasteiger partial charge < -0.3 is 30.3 Å². The molecule has 1 aliphatic rings. The van der Waals surface area contributed by atoms with Crippen molar-refractivity contribution in [3.05, 3.63) is 12.7 Å². The molecular formula is C10H15N5O8P2S. The molecule has 1 fully saturated rings. The number of nitrogens with zero attached hydrogens (tertiary/aromatic N) is 4. The number of imidazole rings is 1. The molecule has 26 heavy (non-hydrogen) atoms. The highest BCUT2D eigenvalue weighted by molar-refractivity contribution is 8.84. The van der Waals surface area contributed by atoms with E-state index in [0.717, 1.165) is 0 Å². The third-order valence-corrected chi connectivity index (χ3v) is 9.75. The van der Waals surface area contributed by atoms with Crippen LogP contribution >= 0.6 is 24.6 Å². The van der Waals surface area contributed by atoms with Crippen LogP contribution in [-0.4, -0.2) is 58.1 Å². The number of hydrogen-bond donors (Lipinski definition) is 5. The van der Waals surface area contributed by atoms with Gasteiger partial charge >= 0.3 is 13.6 Å². The first-order chi connectivity index (χ1) is 12.1. The first kappa shape index (κ1) is 19.7.